The van der Waals surface area contributed by atoms with Gasteiger partial charge in [0.05, 0.1) is 73.5 Å². The summed E-state index contributed by atoms with van der Waals surface area (Å²) in [5.41, 5.74) is -19.1. The maximum Gasteiger partial charge on any atom is 0.416 e. The highest BCUT2D eigenvalue weighted by Gasteiger charge is 2.48. The Morgan fingerprint density at radius 1 is 0.322 bits per heavy atom. The molecular weight excluding hydrogens is 1270 g/mol. The lowest BCUT2D eigenvalue weighted by atomic mass is 9.80. The van der Waals surface area contributed by atoms with Crippen molar-refractivity contribution in [2.45, 2.75) is 79.7 Å². The van der Waals surface area contributed by atoms with Crippen molar-refractivity contribution in [1.82, 2.24) is 0 Å². The maximum absolute atomic E-state index is 14.7. The van der Waals surface area contributed by atoms with Crippen LogP contribution in [0.25, 0.3) is 0 Å². The minimum atomic E-state index is -5.82. The van der Waals surface area contributed by atoms with Crippen molar-refractivity contribution in [3.8, 4) is 0 Å². The van der Waals surface area contributed by atoms with Crippen molar-refractivity contribution in [3.63, 3.8) is 0 Å². The zero-order valence-corrected chi connectivity index (χ0v) is 44.8. The molecule has 1 aliphatic heterocycles. The normalized spacial score (nSPS) is 17.1. The van der Waals surface area contributed by atoms with Crippen molar-refractivity contribution >= 4 is 37.5 Å². The van der Waals surface area contributed by atoms with Crippen molar-refractivity contribution in [3.05, 3.63) is 225 Å². The minimum Gasteiger partial charge on any atom is -0.373 e. The summed E-state index contributed by atoms with van der Waals surface area (Å²) in [4.78, 5) is 0. The third kappa shape index (κ3) is 15.5. The number of rotatable bonds is 14. The molecule has 0 spiro atoms. The van der Waals surface area contributed by atoms with Gasteiger partial charge in [-0.15, -0.1) is 0 Å². The molecule has 0 radical (unpaired) electrons. The SMILES string of the molecule is FC(F)(F)c1cc(P(O[C@@H]2[C@@H](COC(c3ccccc3)(c3ccccc3)c3ccccc3)OCC[C@H]2OP(c2cc(C(F)(F)F)cc(C(F)(F)F)c2)c2cc(C(F)(F)F)cc(C(F)(F)F)c2)c2cc(C(F)(F)F)cc(C(F)(F)F)c2)cc(C(F)(F)F)c1. The molecule has 0 aliphatic carbocycles. The summed E-state index contributed by atoms with van der Waals surface area (Å²) in [6, 6.07) is 19.7. The van der Waals surface area contributed by atoms with Crippen LogP contribution in [0.3, 0.4) is 0 Å². The van der Waals surface area contributed by atoms with Crippen molar-refractivity contribution in [2.75, 3.05) is 13.2 Å². The Bertz CT molecular complexity index is 3130. The standard InChI is InChI=1S/C57H36F24O4P2/c58-50(59,60)34-18-35(51(61,62)63)23-42(22-34)86(43-24-36(52(64,65)66)19-37(25-43)53(67,68)69)84-46-16-17-82-47(30-83-49(31-10-4-1-5-11-31,32-12-6-2-7-13-32)33-14-8-3-9-15-33)48(46)85-87(44-26-38(54(70,71)72)20-39(27-44)55(73,74)75)45-28-40(56(76,77)78)21-41(29-45)57(79,80)81/h1-15,18-29,46-48H,16-17,30H2/t46-,47-,48+/m1/s1. The number of hydrogen-bond acceptors (Lipinski definition) is 4. The highest BCUT2D eigenvalue weighted by atomic mass is 31.1. The summed E-state index contributed by atoms with van der Waals surface area (Å²) in [5, 5.41) is -5.90. The Morgan fingerprint density at radius 2 is 0.563 bits per heavy atom. The van der Waals surface area contributed by atoms with Crippen LogP contribution in [-0.2, 0) is 73.5 Å². The zero-order valence-electron chi connectivity index (χ0n) is 43.0. The van der Waals surface area contributed by atoms with Crippen LogP contribution in [0.5, 0.6) is 0 Å². The second-order valence-corrected chi connectivity index (χ2v) is 22.8. The Labute approximate surface area is 478 Å². The van der Waals surface area contributed by atoms with Gasteiger partial charge in [0.15, 0.2) is 0 Å². The van der Waals surface area contributed by atoms with Crippen molar-refractivity contribution < 1.29 is 124 Å². The Morgan fingerprint density at radius 3 is 0.805 bits per heavy atom. The van der Waals surface area contributed by atoms with Gasteiger partial charge in [-0.25, -0.2) is 0 Å². The first-order chi connectivity index (χ1) is 40.1. The highest BCUT2D eigenvalue weighted by molar-refractivity contribution is 7.69. The molecule has 1 saturated heterocycles. The van der Waals surface area contributed by atoms with E-state index in [0.29, 0.717) is 0 Å². The van der Waals surface area contributed by atoms with Crippen LogP contribution < -0.4 is 21.2 Å². The van der Waals surface area contributed by atoms with Gasteiger partial charge in [-0.3, -0.25) is 0 Å². The van der Waals surface area contributed by atoms with Crippen LogP contribution in [0, 0.1) is 0 Å². The fourth-order valence-corrected chi connectivity index (χ4v) is 13.4. The minimum absolute atomic E-state index is 0.145. The van der Waals surface area contributed by atoms with Gasteiger partial charge in [-0.05, 0) is 95.9 Å². The highest BCUT2D eigenvalue weighted by Crippen LogP contribution is 2.51. The number of halogens is 24. The molecule has 4 nitrogen and oxygen atoms in total. The molecule has 0 amide bonds. The van der Waals surface area contributed by atoms with E-state index >= 15 is 0 Å². The molecule has 7 aromatic carbocycles. The lowest BCUT2D eigenvalue weighted by molar-refractivity contribution is -0.149. The first-order valence-electron chi connectivity index (χ1n) is 24.7. The number of hydrogen-bond donors (Lipinski definition) is 0. The molecule has 466 valence electrons. The van der Waals surface area contributed by atoms with Crippen molar-refractivity contribution in [2.24, 2.45) is 0 Å². The smallest absolute Gasteiger partial charge is 0.373 e. The van der Waals surface area contributed by atoms with Gasteiger partial charge in [0.1, 0.15) is 17.8 Å². The summed E-state index contributed by atoms with van der Waals surface area (Å²) < 4.78 is 377. The van der Waals surface area contributed by atoms with Gasteiger partial charge < -0.3 is 18.5 Å². The summed E-state index contributed by atoms with van der Waals surface area (Å²) in [6.07, 6.45) is -54.6. The van der Waals surface area contributed by atoms with E-state index in [9.17, 15) is 105 Å². The van der Waals surface area contributed by atoms with Gasteiger partial charge in [0.2, 0.25) is 0 Å². The summed E-state index contributed by atoms with van der Waals surface area (Å²) in [7, 11) is -8.26. The topological polar surface area (TPSA) is 36.9 Å². The van der Waals surface area contributed by atoms with Crippen LogP contribution in [0.2, 0.25) is 0 Å². The predicted octanol–water partition coefficient (Wildman–Crippen LogP) is 17.8. The van der Waals surface area contributed by atoms with E-state index in [1.165, 1.54) is 72.8 Å². The molecular formula is C57H36F24O4P2. The number of ether oxygens (including phenoxy) is 2. The average Bonchev–Trinajstić information content (AvgIpc) is 1.93. The fraction of sp³-hybridized carbons (Fsp3) is 0.263. The van der Waals surface area contributed by atoms with E-state index in [-0.39, 0.29) is 65.2 Å². The van der Waals surface area contributed by atoms with Gasteiger partial charge in [-0.1, -0.05) is 91.0 Å². The maximum atomic E-state index is 14.7. The monoisotopic (exact) mass is 1300 g/mol. The van der Waals surface area contributed by atoms with E-state index in [4.69, 9.17) is 18.5 Å². The molecule has 0 N–H and O–H groups in total. The molecule has 1 aliphatic rings. The first kappa shape index (κ1) is 66.5. The van der Waals surface area contributed by atoms with E-state index < -0.39 is 199 Å². The van der Waals surface area contributed by atoms with Crippen LogP contribution in [0.15, 0.2) is 164 Å². The van der Waals surface area contributed by atoms with E-state index in [2.05, 4.69) is 0 Å². The molecule has 0 aromatic heterocycles. The summed E-state index contributed by atoms with van der Waals surface area (Å²) in [5.74, 6) is 0. The van der Waals surface area contributed by atoms with Crippen LogP contribution in [-0.4, -0.2) is 31.5 Å². The van der Waals surface area contributed by atoms with Gasteiger partial charge in [-0.2, -0.15) is 105 Å². The zero-order chi connectivity index (χ0) is 64.1. The molecule has 1 heterocycles. The Balaban J connectivity index is 1.45. The quantitative estimate of drug-likeness (QED) is 0.0618. The van der Waals surface area contributed by atoms with Crippen LogP contribution in [0.4, 0.5) is 105 Å². The molecule has 0 unspecified atom stereocenters. The van der Waals surface area contributed by atoms with E-state index in [0.717, 1.165) is 0 Å². The Kier molecular flexibility index (Phi) is 18.7. The predicted molar refractivity (Wildman–Crippen MR) is 267 cm³/mol. The molecule has 0 saturated carbocycles. The van der Waals surface area contributed by atoms with Crippen LogP contribution in [0.1, 0.15) is 67.6 Å². The van der Waals surface area contributed by atoms with Gasteiger partial charge >= 0.3 is 49.4 Å². The molecule has 3 atom stereocenters. The molecule has 0 bridgehead atoms. The third-order valence-corrected chi connectivity index (χ3v) is 17.0. The fourth-order valence-electron chi connectivity index (χ4n) is 9.22. The molecule has 1 fully saturated rings. The largest absolute Gasteiger partial charge is 0.416 e. The third-order valence-electron chi connectivity index (χ3n) is 13.2. The lowest BCUT2D eigenvalue weighted by Gasteiger charge is -2.43. The van der Waals surface area contributed by atoms with E-state index in [1.807, 2.05) is 0 Å². The van der Waals surface area contributed by atoms with Gasteiger partial charge in [0, 0.05) is 27.8 Å². The van der Waals surface area contributed by atoms with Crippen LogP contribution >= 0.6 is 16.3 Å². The van der Waals surface area contributed by atoms with Gasteiger partial charge in [0.25, 0.3) is 0 Å². The second-order valence-electron chi connectivity index (χ2n) is 19.1. The summed E-state index contributed by atoms with van der Waals surface area (Å²) >= 11 is 0. The molecule has 7 aromatic rings. The summed E-state index contributed by atoms with van der Waals surface area (Å²) in [6.45, 7) is -1.94. The molecule has 8 rings (SSSR count). The number of alkyl halides is 24. The second kappa shape index (κ2) is 24.5. The Hall–Kier alpha value is -6.44. The van der Waals surface area contributed by atoms with E-state index in [1.54, 1.807) is 18.2 Å². The number of benzene rings is 7. The lowest BCUT2D eigenvalue weighted by Crippen LogP contribution is -2.51. The molecule has 87 heavy (non-hydrogen) atoms. The first-order valence-corrected chi connectivity index (χ1v) is 27.2. The average molecular weight is 1300 g/mol. The van der Waals surface area contributed by atoms with Crippen molar-refractivity contribution in [1.29, 1.82) is 0 Å². The molecule has 30 heteroatoms.